The summed E-state index contributed by atoms with van der Waals surface area (Å²) in [5.41, 5.74) is 6.21. The van der Waals surface area contributed by atoms with Gasteiger partial charge in [0.2, 0.25) is 5.91 Å². The van der Waals surface area contributed by atoms with Crippen molar-refractivity contribution in [2.75, 3.05) is 6.54 Å². The molecule has 0 saturated carbocycles. The average molecular weight is 247 g/mol. The molecule has 1 aromatic carbocycles. The summed E-state index contributed by atoms with van der Waals surface area (Å²) in [4.78, 5) is 25.5. The first-order valence-electron chi connectivity index (χ1n) is 5.41. The lowest BCUT2D eigenvalue weighted by atomic mass is 10.1. The van der Waals surface area contributed by atoms with Crippen LogP contribution in [-0.2, 0) is 4.79 Å². The van der Waals surface area contributed by atoms with E-state index < -0.39 is 12.0 Å². The first-order valence-corrected chi connectivity index (χ1v) is 5.41. The Morgan fingerprint density at radius 1 is 1.39 bits per heavy atom. The molecule has 0 bridgehead atoms. The van der Waals surface area contributed by atoms with E-state index in [9.17, 15) is 14.7 Å². The van der Waals surface area contributed by atoms with Gasteiger partial charge in [-0.25, -0.2) is 0 Å². The number of nitrogens with one attached hydrogen (secondary N) is 2. The Hall–Kier alpha value is -2.34. The maximum absolute atomic E-state index is 11.9. The normalized spacial score (nSPS) is 12.3. The number of hydrogen-bond donors (Lipinski definition) is 4. The smallest absolute Gasteiger partial charge is 0.252 e. The maximum atomic E-state index is 11.9. The third kappa shape index (κ3) is 2.33. The fraction of sp³-hybridized carbons (Fsp3) is 0.167. The number of nitrogens with two attached hydrogens (primary N) is 1. The lowest BCUT2D eigenvalue weighted by Gasteiger charge is -2.09. The highest BCUT2D eigenvalue weighted by Gasteiger charge is 2.14. The summed E-state index contributed by atoms with van der Waals surface area (Å²) in [6.45, 7) is -0.199. The van der Waals surface area contributed by atoms with Crippen molar-refractivity contribution in [2.24, 2.45) is 5.73 Å². The SMILES string of the molecule is NC(=O)C(O)CNC(=O)c1cccc2[nH]ccc12. The number of carbonyl (C=O) groups is 2. The van der Waals surface area contributed by atoms with Crippen molar-refractivity contribution in [1.82, 2.24) is 10.3 Å². The Kier molecular flexibility index (Phi) is 3.29. The summed E-state index contributed by atoms with van der Waals surface area (Å²) in [5.74, 6) is -1.23. The number of H-pyrrole nitrogens is 1. The van der Waals surface area contributed by atoms with Crippen LogP contribution in [0.5, 0.6) is 0 Å². The van der Waals surface area contributed by atoms with Crippen LogP contribution >= 0.6 is 0 Å². The van der Waals surface area contributed by atoms with Crippen LogP contribution < -0.4 is 11.1 Å². The predicted octanol–water partition coefficient (Wildman–Crippen LogP) is -0.256. The van der Waals surface area contributed by atoms with Gasteiger partial charge in [0, 0.05) is 22.7 Å². The van der Waals surface area contributed by atoms with Crippen LogP contribution in [0.15, 0.2) is 30.5 Å². The molecule has 1 heterocycles. The highest BCUT2D eigenvalue weighted by molar-refractivity contribution is 6.06. The van der Waals surface area contributed by atoms with E-state index in [1.165, 1.54) is 0 Å². The van der Waals surface area contributed by atoms with Crippen molar-refractivity contribution >= 4 is 22.7 Å². The molecule has 0 aliphatic carbocycles. The second-order valence-corrected chi connectivity index (χ2v) is 3.87. The van der Waals surface area contributed by atoms with Gasteiger partial charge < -0.3 is 21.1 Å². The molecule has 0 aliphatic heterocycles. The highest BCUT2D eigenvalue weighted by Crippen LogP contribution is 2.16. The van der Waals surface area contributed by atoms with Gasteiger partial charge in [-0.3, -0.25) is 9.59 Å². The van der Waals surface area contributed by atoms with Crippen molar-refractivity contribution in [3.63, 3.8) is 0 Å². The molecular formula is C12H13N3O3. The Labute approximate surface area is 103 Å². The van der Waals surface area contributed by atoms with Gasteiger partial charge in [-0.15, -0.1) is 0 Å². The third-order valence-electron chi connectivity index (χ3n) is 2.62. The third-order valence-corrected chi connectivity index (χ3v) is 2.62. The van der Waals surface area contributed by atoms with Gasteiger partial charge in [-0.05, 0) is 18.2 Å². The summed E-state index contributed by atoms with van der Waals surface area (Å²) >= 11 is 0. The molecule has 1 unspecified atom stereocenters. The summed E-state index contributed by atoms with van der Waals surface area (Å²) in [6.07, 6.45) is 0.360. The zero-order valence-corrected chi connectivity index (χ0v) is 9.51. The van der Waals surface area contributed by atoms with Crippen LogP contribution in [0.4, 0.5) is 0 Å². The van der Waals surface area contributed by atoms with E-state index >= 15 is 0 Å². The van der Waals surface area contributed by atoms with E-state index in [4.69, 9.17) is 5.73 Å². The summed E-state index contributed by atoms with van der Waals surface area (Å²) in [6, 6.07) is 7.06. The molecule has 18 heavy (non-hydrogen) atoms. The summed E-state index contributed by atoms with van der Waals surface area (Å²) in [7, 11) is 0. The summed E-state index contributed by atoms with van der Waals surface area (Å²) in [5, 5.41) is 12.4. The molecule has 1 aromatic heterocycles. The van der Waals surface area contributed by atoms with Crippen LogP contribution in [0.25, 0.3) is 10.9 Å². The fourth-order valence-electron chi connectivity index (χ4n) is 1.67. The Balaban J connectivity index is 2.14. The number of hydrogen-bond acceptors (Lipinski definition) is 3. The Morgan fingerprint density at radius 3 is 2.89 bits per heavy atom. The van der Waals surface area contributed by atoms with Crippen LogP contribution in [0, 0.1) is 0 Å². The molecule has 0 radical (unpaired) electrons. The van der Waals surface area contributed by atoms with E-state index in [2.05, 4.69) is 10.3 Å². The lowest BCUT2D eigenvalue weighted by Crippen LogP contribution is -2.40. The molecule has 94 valence electrons. The van der Waals surface area contributed by atoms with E-state index in [0.29, 0.717) is 5.56 Å². The largest absolute Gasteiger partial charge is 0.381 e. The second kappa shape index (κ2) is 4.89. The van der Waals surface area contributed by atoms with E-state index in [0.717, 1.165) is 10.9 Å². The molecular weight excluding hydrogens is 234 g/mol. The Bertz CT molecular complexity index is 591. The van der Waals surface area contributed by atoms with Crippen LogP contribution in [0.3, 0.4) is 0 Å². The second-order valence-electron chi connectivity index (χ2n) is 3.87. The number of primary amides is 1. The van der Waals surface area contributed by atoms with Crippen LogP contribution in [0.1, 0.15) is 10.4 Å². The van der Waals surface area contributed by atoms with Crippen molar-refractivity contribution in [3.8, 4) is 0 Å². The van der Waals surface area contributed by atoms with Gasteiger partial charge in [0.25, 0.3) is 5.91 Å². The molecule has 6 nitrogen and oxygen atoms in total. The van der Waals surface area contributed by atoms with E-state index in [1.807, 2.05) is 6.07 Å². The van der Waals surface area contributed by atoms with Gasteiger partial charge in [0.05, 0.1) is 6.54 Å². The molecule has 0 saturated heterocycles. The lowest BCUT2D eigenvalue weighted by molar-refractivity contribution is -0.125. The number of benzene rings is 1. The average Bonchev–Trinajstić information content (AvgIpc) is 2.83. The van der Waals surface area contributed by atoms with Crippen molar-refractivity contribution < 1.29 is 14.7 Å². The maximum Gasteiger partial charge on any atom is 0.252 e. The topological polar surface area (TPSA) is 108 Å². The predicted molar refractivity (Wildman–Crippen MR) is 65.8 cm³/mol. The van der Waals surface area contributed by atoms with Crippen molar-refractivity contribution in [3.05, 3.63) is 36.0 Å². The van der Waals surface area contributed by atoms with Gasteiger partial charge in [0.15, 0.2) is 0 Å². The standard InChI is InChI=1S/C12H13N3O3/c13-11(17)10(16)6-15-12(18)8-2-1-3-9-7(8)4-5-14-9/h1-5,10,14,16H,6H2,(H2,13,17)(H,15,18). The van der Waals surface area contributed by atoms with Crippen molar-refractivity contribution in [2.45, 2.75) is 6.10 Å². The number of aliphatic hydroxyl groups excluding tert-OH is 1. The number of aromatic nitrogens is 1. The Morgan fingerprint density at radius 2 is 2.17 bits per heavy atom. The minimum Gasteiger partial charge on any atom is -0.381 e. The van der Waals surface area contributed by atoms with Crippen LogP contribution in [0.2, 0.25) is 0 Å². The number of aliphatic hydroxyl groups is 1. The molecule has 0 aliphatic rings. The zero-order valence-electron chi connectivity index (χ0n) is 9.51. The highest BCUT2D eigenvalue weighted by atomic mass is 16.3. The first-order chi connectivity index (χ1) is 8.59. The van der Waals surface area contributed by atoms with E-state index in [1.54, 1.807) is 24.4 Å². The monoisotopic (exact) mass is 247 g/mol. The number of aromatic amines is 1. The molecule has 5 N–H and O–H groups in total. The quantitative estimate of drug-likeness (QED) is 0.598. The molecule has 1 atom stereocenters. The minimum absolute atomic E-state index is 0.199. The first kappa shape index (κ1) is 12.1. The number of fused-ring (bicyclic) bond motifs is 1. The van der Waals surface area contributed by atoms with Gasteiger partial charge in [-0.1, -0.05) is 6.07 Å². The van der Waals surface area contributed by atoms with Crippen molar-refractivity contribution in [1.29, 1.82) is 0 Å². The molecule has 2 rings (SSSR count). The van der Waals surface area contributed by atoms with Crippen LogP contribution in [-0.4, -0.2) is 34.6 Å². The minimum atomic E-state index is -1.38. The fourth-order valence-corrected chi connectivity index (χ4v) is 1.67. The number of amides is 2. The summed E-state index contributed by atoms with van der Waals surface area (Å²) < 4.78 is 0. The zero-order chi connectivity index (χ0) is 13.1. The van der Waals surface area contributed by atoms with Gasteiger partial charge in [-0.2, -0.15) is 0 Å². The number of rotatable bonds is 4. The molecule has 2 aromatic rings. The van der Waals surface area contributed by atoms with E-state index in [-0.39, 0.29) is 12.5 Å². The molecule has 0 spiro atoms. The van der Waals surface area contributed by atoms with Gasteiger partial charge >= 0.3 is 0 Å². The number of carbonyl (C=O) groups excluding carboxylic acids is 2. The molecule has 6 heteroatoms. The molecule has 0 fully saturated rings. The van der Waals surface area contributed by atoms with Gasteiger partial charge in [0.1, 0.15) is 6.10 Å². The molecule has 2 amide bonds.